The number of likely N-dealkylation sites (N-methyl/N-ethyl adjacent to an activating group) is 1. The van der Waals surface area contributed by atoms with Crippen LogP contribution in [0.4, 0.5) is 0 Å². The fourth-order valence-electron chi connectivity index (χ4n) is 1.25. The van der Waals surface area contributed by atoms with Crippen molar-refractivity contribution in [3.63, 3.8) is 0 Å². The second kappa shape index (κ2) is 5.92. The van der Waals surface area contributed by atoms with Gasteiger partial charge in [0.2, 0.25) is 5.91 Å². The van der Waals surface area contributed by atoms with Crippen LogP contribution in [0.2, 0.25) is 0 Å². The van der Waals surface area contributed by atoms with Crippen molar-refractivity contribution < 1.29 is 4.79 Å². The van der Waals surface area contributed by atoms with Gasteiger partial charge >= 0.3 is 4.87 Å². The van der Waals surface area contributed by atoms with Crippen LogP contribution in [0.25, 0.3) is 0 Å². The normalized spacial score (nSPS) is 10.2. The summed E-state index contributed by atoms with van der Waals surface area (Å²) in [6.07, 6.45) is 0.495. The number of aryl methyl sites for hydroxylation is 1. The van der Waals surface area contributed by atoms with E-state index in [0.717, 1.165) is 17.0 Å². The number of hydrogen-bond donors (Lipinski definition) is 1. The molecule has 0 aliphatic rings. The minimum absolute atomic E-state index is 0.0714. The smallest absolute Gasteiger partial charge is 0.307 e. The zero-order chi connectivity index (χ0) is 13.0. The standard InChI is InChI=1S/C10H15N3O2S2/c1-7-6-17-10(15)13(7)5-9(14)12(2)4-3-8(11)16/h6H,3-5H2,1-2H3,(H2,11,16). The Morgan fingerprint density at radius 2 is 2.29 bits per heavy atom. The molecule has 1 aromatic rings. The molecule has 0 bridgehead atoms. The summed E-state index contributed by atoms with van der Waals surface area (Å²) in [5.74, 6) is -0.121. The maximum absolute atomic E-state index is 11.8. The molecule has 0 saturated carbocycles. The Morgan fingerprint density at radius 3 is 2.76 bits per heavy atom. The monoisotopic (exact) mass is 273 g/mol. The molecule has 0 aromatic carbocycles. The van der Waals surface area contributed by atoms with Gasteiger partial charge in [-0.3, -0.25) is 14.2 Å². The third-order valence-corrected chi connectivity index (χ3v) is 3.47. The van der Waals surface area contributed by atoms with Gasteiger partial charge in [-0.1, -0.05) is 23.6 Å². The number of nitrogens with zero attached hydrogens (tertiary/aromatic N) is 2. The highest BCUT2D eigenvalue weighted by Gasteiger charge is 2.12. The van der Waals surface area contributed by atoms with Gasteiger partial charge < -0.3 is 10.6 Å². The van der Waals surface area contributed by atoms with Crippen molar-refractivity contribution in [1.82, 2.24) is 9.47 Å². The summed E-state index contributed by atoms with van der Waals surface area (Å²) in [6, 6.07) is 0. The zero-order valence-electron chi connectivity index (χ0n) is 9.80. The van der Waals surface area contributed by atoms with Gasteiger partial charge in [-0.15, -0.1) is 0 Å². The zero-order valence-corrected chi connectivity index (χ0v) is 11.4. The molecule has 0 aliphatic carbocycles. The molecule has 7 heteroatoms. The van der Waals surface area contributed by atoms with Gasteiger partial charge in [0.15, 0.2) is 0 Å². The first kappa shape index (κ1) is 13.9. The van der Waals surface area contributed by atoms with Crippen molar-refractivity contribution in [2.75, 3.05) is 13.6 Å². The fraction of sp³-hybridized carbons (Fsp3) is 0.500. The molecule has 0 atom stereocenters. The first-order valence-electron chi connectivity index (χ1n) is 5.09. The van der Waals surface area contributed by atoms with Crippen LogP contribution >= 0.6 is 23.6 Å². The number of amides is 1. The van der Waals surface area contributed by atoms with Crippen LogP contribution in [-0.4, -0.2) is 34.0 Å². The number of carbonyl (C=O) groups is 1. The molecule has 94 valence electrons. The van der Waals surface area contributed by atoms with E-state index in [-0.39, 0.29) is 17.3 Å². The van der Waals surface area contributed by atoms with E-state index in [2.05, 4.69) is 0 Å². The average molecular weight is 273 g/mol. The number of nitrogens with two attached hydrogens (primary N) is 1. The molecule has 5 nitrogen and oxygen atoms in total. The van der Waals surface area contributed by atoms with Gasteiger partial charge in [-0.25, -0.2) is 0 Å². The lowest BCUT2D eigenvalue weighted by molar-refractivity contribution is -0.130. The molecule has 0 saturated heterocycles. The molecule has 0 radical (unpaired) electrons. The molecule has 1 heterocycles. The highest BCUT2D eigenvalue weighted by molar-refractivity contribution is 7.80. The predicted molar refractivity (Wildman–Crippen MR) is 72.4 cm³/mol. The summed E-state index contributed by atoms with van der Waals surface area (Å²) in [7, 11) is 1.67. The Bertz CT molecular complexity index is 478. The fourth-order valence-corrected chi connectivity index (χ4v) is 2.08. The number of thiazole rings is 1. The number of hydrogen-bond acceptors (Lipinski definition) is 4. The molecule has 0 unspecified atom stereocenters. The number of aromatic nitrogens is 1. The molecule has 0 spiro atoms. The summed E-state index contributed by atoms with van der Waals surface area (Å²) in [5, 5.41) is 1.74. The molecule has 1 aromatic heterocycles. The molecule has 1 rings (SSSR count). The first-order chi connectivity index (χ1) is 7.91. The van der Waals surface area contributed by atoms with E-state index < -0.39 is 0 Å². The van der Waals surface area contributed by atoms with E-state index >= 15 is 0 Å². The SMILES string of the molecule is Cc1csc(=O)n1CC(=O)N(C)CCC(N)=S. The molecule has 0 aliphatic heterocycles. The maximum atomic E-state index is 11.8. The predicted octanol–water partition coefficient (Wildman–Crippen LogP) is 0.353. The Kier molecular flexibility index (Phi) is 4.83. The van der Waals surface area contributed by atoms with Crippen LogP contribution in [0.3, 0.4) is 0 Å². The van der Waals surface area contributed by atoms with Gasteiger partial charge in [-0.2, -0.15) is 0 Å². The van der Waals surface area contributed by atoms with Crippen LogP contribution in [0.1, 0.15) is 12.1 Å². The van der Waals surface area contributed by atoms with Gasteiger partial charge in [0.1, 0.15) is 6.54 Å². The molecule has 0 fully saturated rings. The van der Waals surface area contributed by atoms with Crippen molar-refractivity contribution in [3.05, 3.63) is 20.7 Å². The van der Waals surface area contributed by atoms with Crippen LogP contribution in [-0.2, 0) is 11.3 Å². The molecule has 17 heavy (non-hydrogen) atoms. The van der Waals surface area contributed by atoms with Crippen LogP contribution in [0.5, 0.6) is 0 Å². The third kappa shape index (κ3) is 3.94. The van der Waals surface area contributed by atoms with E-state index in [1.54, 1.807) is 19.4 Å². The summed E-state index contributed by atoms with van der Waals surface area (Å²) in [5.41, 5.74) is 6.17. The van der Waals surface area contributed by atoms with E-state index in [0.29, 0.717) is 18.0 Å². The minimum atomic E-state index is -0.121. The Hall–Kier alpha value is -1.21. The summed E-state index contributed by atoms with van der Waals surface area (Å²) < 4.78 is 1.46. The van der Waals surface area contributed by atoms with E-state index in [1.807, 2.05) is 0 Å². The Morgan fingerprint density at radius 1 is 1.65 bits per heavy atom. The summed E-state index contributed by atoms with van der Waals surface area (Å²) >= 11 is 5.84. The van der Waals surface area contributed by atoms with Crippen LogP contribution in [0, 0.1) is 6.92 Å². The van der Waals surface area contributed by atoms with Crippen molar-refractivity contribution in [3.8, 4) is 0 Å². The van der Waals surface area contributed by atoms with Crippen LogP contribution in [0.15, 0.2) is 10.2 Å². The van der Waals surface area contributed by atoms with E-state index in [4.69, 9.17) is 18.0 Å². The van der Waals surface area contributed by atoms with E-state index in [1.165, 1.54) is 9.47 Å². The Labute approximate surface area is 109 Å². The first-order valence-corrected chi connectivity index (χ1v) is 6.38. The van der Waals surface area contributed by atoms with Gasteiger partial charge in [-0.05, 0) is 6.92 Å². The van der Waals surface area contributed by atoms with Gasteiger partial charge in [0, 0.05) is 31.1 Å². The molecular formula is C10H15N3O2S2. The van der Waals surface area contributed by atoms with E-state index in [9.17, 15) is 9.59 Å². The minimum Gasteiger partial charge on any atom is -0.393 e. The highest BCUT2D eigenvalue weighted by atomic mass is 32.1. The topological polar surface area (TPSA) is 68.3 Å². The summed E-state index contributed by atoms with van der Waals surface area (Å²) in [4.78, 5) is 25.0. The number of carbonyl (C=O) groups excluding carboxylic acids is 1. The lowest BCUT2D eigenvalue weighted by atomic mass is 10.4. The molecule has 1 amide bonds. The number of rotatable bonds is 5. The van der Waals surface area contributed by atoms with Crippen molar-refractivity contribution in [1.29, 1.82) is 0 Å². The Balaban J connectivity index is 2.60. The van der Waals surface area contributed by atoms with Crippen molar-refractivity contribution in [2.45, 2.75) is 19.9 Å². The molecule has 2 N–H and O–H groups in total. The average Bonchev–Trinajstić information content (AvgIpc) is 2.57. The second-order valence-corrected chi connectivity index (χ2v) is 5.11. The summed E-state index contributed by atoms with van der Waals surface area (Å²) in [6.45, 7) is 2.36. The van der Waals surface area contributed by atoms with Crippen LogP contribution < -0.4 is 10.6 Å². The third-order valence-electron chi connectivity index (χ3n) is 2.39. The second-order valence-electron chi connectivity index (χ2n) is 3.76. The largest absolute Gasteiger partial charge is 0.393 e. The van der Waals surface area contributed by atoms with Gasteiger partial charge in [0.25, 0.3) is 0 Å². The quantitative estimate of drug-likeness (QED) is 0.786. The van der Waals surface area contributed by atoms with Crippen molar-refractivity contribution in [2.24, 2.45) is 5.73 Å². The molecular weight excluding hydrogens is 258 g/mol. The van der Waals surface area contributed by atoms with Gasteiger partial charge in [0.05, 0.1) is 4.99 Å². The highest BCUT2D eigenvalue weighted by Crippen LogP contribution is 2.00. The number of thiocarbonyl (C=S) groups is 1. The lowest BCUT2D eigenvalue weighted by Crippen LogP contribution is -2.34. The maximum Gasteiger partial charge on any atom is 0.307 e. The van der Waals surface area contributed by atoms with Crippen molar-refractivity contribution >= 4 is 34.5 Å². The lowest BCUT2D eigenvalue weighted by Gasteiger charge is -2.17.